The van der Waals surface area contributed by atoms with E-state index < -0.39 is 0 Å². The van der Waals surface area contributed by atoms with Crippen LogP contribution in [-0.4, -0.2) is 50.5 Å². The average molecular weight is 555 g/mol. The molecule has 1 N–H and O–H groups in total. The third-order valence-corrected chi connectivity index (χ3v) is 7.55. The lowest BCUT2D eigenvalue weighted by molar-refractivity contribution is 0.386. The first kappa shape index (κ1) is 24.4. The molecule has 0 radical (unpaired) electrons. The van der Waals surface area contributed by atoms with Gasteiger partial charge in [-0.25, -0.2) is 4.99 Å². The van der Waals surface area contributed by atoms with E-state index >= 15 is 0 Å². The molecule has 0 spiro atoms. The smallest absolute Gasteiger partial charge is 0.194 e. The molecule has 0 bridgehead atoms. The van der Waals surface area contributed by atoms with E-state index in [1.54, 1.807) is 0 Å². The van der Waals surface area contributed by atoms with Gasteiger partial charge in [0.15, 0.2) is 11.8 Å². The highest BCUT2D eigenvalue weighted by Crippen LogP contribution is 2.26. The van der Waals surface area contributed by atoms with Gasteiger partial charge in [0.2, 0.25) is 0 Å². The second-order valence-electron chi connectivity index (χ2n) is 8.57. The number of thioether (sulfide) groups is 1. The number of likely N-dealkylation sites (tertiary alicyclic amines) is 1. The summed E-state index contributed by atoms with van der Waals surface area (Å²) in [5.41, 5.74) is 0. The lowest BCUT2D eigenvalue weighted by Gasteiger charge is -2.29. The minimum atomic E-state index is 0. The number of aryl methyl sites for hydroxylation is 1. The molecule has 2 aliphatic rings. The topological polar surface area (TPSA) is 58.3 Å². The number of nitrogens with zero attached hydrogens (tertiary/aromatic N) is 5. The van der Waals surface area contributed by atoms with E-state index in [1.807, 2.05) is 30.3 Å². The van der Waals surface area contributed by atoms with Crippen molar-refractivity contribution < 1.29 is 0 Å². The molecule has 1 aliphatic carbocycles. The van der Waals surface area contributed by atoms with Crippen LogP contribution in [0.15, 0.2) is 40.2 Å². The van der Waals surface area contributed by atoms with Crippen LogP contribution >= 0.6 is 35.7 Å². The van der Waals surface area contributed by atoms with Crippen molar-refractivity contribution in [3.8, 4) is 0 Å². The number of nitrogens with one attached hydrogen (secondary N) is 1. The molecule has 1 saturated heterocycles. The summed E-state index contributed by atoms with van der Waals surface area (Å²) in [4.78, 5) is 8.83. The van der Waals surface area contributed by atoms with Crippen LogP contribution in [0, 0.1) is 12.8 Å². The van der Waals surface area contributed by atoms with Gasteiger partial charge in [-0.1, -0.05) is 37.5 Å². The quantitative estimate of drug-likeness (QED) is 0.244. The molecule has 170 valence electrons. The van der Waals surface area contributed by atoms with Gasteiger partial charge >= 0.3 is 0 Å². The van der Waals surface area contributed by atoms with Crippen LogP contribution in [0.25, 0.3) is 0 Å². The highest BCUT2D eigenvalue weighted by molar-refractivity contribution is 14.0. The van der Waals surface area contributed by atoms with E-state index in [0.717, 1.165) is 30.7 Å². The summed E-state index contributed by atoms with van der Waals surface area (Å²) < 4.78 is 2.03. The fraction of sp³-hybridized carbons (Fsp3) is 0.609. The summed E-state index contributed by atoms with van der Waals surface area (Å²) in [7, 11) is 2.01. The van der Waals surface area contributed by atoms with E-state index in [4.69, 9.17) is 4.99 Å². The zero-order valence-electron chi connectivity index (χ0n) is 18.7. The first-order chi connectivity index (χ1) is 14.7. The van der Waals surface area contributed by atoms with Crippen LogP contribution in [0.3, 0.4) is 0 Å². The number of hydrogen-bond donors (Lipinski definition) is 1. The Morgan fingerprint density at radius 3 is 2.61 bits per heavy atom. The molecule has 1 aromatic heterocycles. The van der Waals surface area contributed by atoms with Crippen molar-refractivity contribution in [2.75, 3.05) is 18.8 Å². The molecule has 4 rings (SSSR count). The van der Waals surface area contributed by atoms with Gasteiger partial charge in [0, 0.05) is 36.8 Å². The molecule has 1 aliphatic heterocycles. The maximum atomic E-state index is 5.00. The molecule has 1 saturated carbocycles. The summed E-state index contributed by atoms with van der Waals surface area (Å²) in [6.45, 7) is 4.72. The summed E-state index contributed by atoms with van der Waals surface area (Å²) in [5, 5.41) is 12.3. The van der Waals surface area contributed by atoms with Gasteiger partial charge in [-0.3, -0.25) is 0 Å². The monoisotopic (exact) mass is 554 g/mol. The Hall–Kier alpha value is -1.29. The Bertz CT molecular complexity index is 834. The van der Waals surface area contributed by atoms with Crippen LogP contribution in [0.4, 0.5) is 0 Å². The van der Waals surface area contributed by atoms with Crippen LogP contribution in [0.1, 0.15) is 50.2 Å². The van der Waals surface area contributed by atoms with Crippen molar-refractivity contribution >= 4 is 41.7 Å². The third-order valence-electron chi connectivity index (χ3n) is 6.31. The van der Waals surface area contributed by atoms with Gasteiger partial charge in [-0.15, -0.1) is 45.9 Å². The number of halogens is 1. The maximum Gasteiger partial charge on any atom is 0.194 e. The molecule has 31 heavy (non-hydrogen) atoms. The van der Waals surface area contributed by atoms with Gasteiger partial charge < -0.3 is 14.8 Å². The van der Waals surface area contributed by atoms with Crippen LogP contribution in [-0.2, 0) is 13.6 Å². The van der Waals surface area contributed by atoms with Crippen LogP contribution in [0.2, 0.25) is 0 Å². The van der Waals surface area contributed by atoms with Crippen molar-refractivity contribution in [2.45, 2.75) is 62.9 Å². The minimum absolute atomic E-state index is 0. The van der Waals surface area contributed by atoms with Gasteiger partial charge in [0.05, 0.1) is 0 Å². The molecule has 1 aromatic carbocycles. The molecule has 2 fully saturated rings. The fourth-order valence-corrected chi connectivity index (χ4v) is 5.34. The van der Waals surface area contributed by atoms with Gasteiger partial charge in [-0.05, 0) is 44.2 Å². The Balaban J connectivity index is 0.00000272. The number of rotatable bonds is 6. The zero-order chi connectivity index (χ0) is 20.8. The Morgan fingerprint density at radius 1 is 1.13 bits per heavy atom. The van der Waals surface area contributed by atoms with Gasteiger partial charge in [0.25, 0.3) is 0 Å². The van der Waals surface area contributed by atoms with E-state index in [1.165, 1.54) is 49.2 Å². The summed E-state index contributed by atoms with van der Waals surface area (Å²) >= 11 is 1.97. The summed E-state index contributed by atoms with van der Waals surface area (Å²) in [5.74, 6) is 4.78. The van der Waals surface area contributed by atoms with Crippen LogP contribution < -0.4 is 5.32 Å². The Labute approximate surface area is 207 Å². The van der Waals surface area contributed by atoms with Crippen molar-refractivity contribution in [1.82, 2.24) is 25.0 Å². The van der Waals surface area contributed by atoms with Crippen LogP contribution in [0.5, 0.6) is 0 Å². The summed E-state index contributed by atoms with van der Waals surface area (Å²) in [6, 6.07) is 11.3. The second kappa shape index (κ2) is 12.1. The normalized spacial score (nSPS) is 20.0. The maximum absolute atomic E-state index is 5.00. The molecular weight excluding hydrogens is 519 g/mol. The molecule has 8 heteroatoms. The predicted octanol–water partition coefficient (Wildman–Crippen LogP) is 4.63. The van der Waals surface area contributed by atoms with Crippen molar-refractivity contribution in [3.05, 3.63) is 42.0 Å². The lowest BCUT2D eigenvalue weighted by atomic mass is 9.96. The third kappa shape index (κ3) is 6.84. The minimum Gasteiger partial charge on any atom is -0.353 e. The van der Waals surface area contributed by atoms with E-state index in [2.05, 4.69) is 50.7 Å². The van der Waals surface area contributed by atoms with E-state index in [0.29, 0.717) is 18.5 Å². The largest absolute Gasteiger partial charge is 0.353 e. The molecular formula is C23H35IN6S. The van der Waals surface area contributed by atoms with Crippen molar-refractivity contribution in [3.63, 3.8) is 0 Å². The summed E-state index contributed by atoms with van der Waals surface area (Å²) in [6.07, 6.45) is 7.75. The highest BCUT2D eigenvalue weighted by Gasteiger charge is 2.27. The Morgan fingerprint density at radius 2 is 1.90 bits per heavy atom. The van der Waals surface area contributed by atoms with E-state index in [9.17, 15) is 0 Å². The van der Waals surface area contributed by atoms with Crippen molar-refractivity contribution in [1.29, 1.82) is 0 Å². The van der Waals surface area contributed by atoms with Gasteiger partial charge in [0.1, 0.15) is 12.4 Å². The number of aliphatic imine (C=N–C) groups is 1. The number of benzene rings is 1. The second-order valence-corrected chi connectivity index (χ2v) is 9.66. The molecule has 1 unspecified atom stereocenters. The van der Waals surface area contributed by atoms with Crippen molar-refractivity contribution in [2.24, 2.45) is 18.0 Å². The standard InChI is InChI=1S/C23H34N6S.HI/c1-18-26-27-22(28(18)2)15-24-23(25-20-9-5-3-6-10-20)29-14-13-19(16-29)17-30-21-11-7-4-8-12-21;/h4,7-8,11-12,19-20H,3,5-6,9-10,13-17H2,1-2H3,(H,24,25);1H. The number of guanidine groups is 1. The fourth-order valence-electron chi connectivity index (χ4n) is 4.29. The molecule has 1 atom stereocenters. The predicted molar refractivity (Wildman–Crippen MR) is 139 cm³/mol. The number of hydrogen-bond acceptors (Lipinski definition) is 4. The Kier molecular flexibility index (Phi) is 9.49. The lowest BCUT2D eigenvalue weighted by Crippen LogP contribution is -2.46. The van der Waals surface area contributed by atoms with E-state index in [-0.39, 0.29) is 24.0 Å². The first-order valence-corrected chi connectivity index (χ1v) is 12.3. The number of aromatic nitrogens is 3. The average Bonchev–Trinajstić information content (AvgIpc) is 3.38. The SMILES string of the molecule is Cc1nnc(CN=C(NC2CCCCC2)N2CCC(CSc3ccccc3)C2)n1C.I. The molecule has 2 heterocycles. The molecule has 2 aromatic rings. The first-order valence-electron chi connectivity index (χ1n) is 11.3. The molecule has 0 amide bonds. The highest BCUT2D eigenvalue weighted by atomic mass is 127. The zero-order valence-corrected chi connectivity index (χ0v) is 21.8. The molecule has 6 nitrogen and oxygen atoms in total. The van der Waals surface area contributed by atoms with Gasteiger partial charge in [-0.2, -0.15) is 0 Å².